The summed E-state index contributed by atoms with van der Waals surface area (Å²) in [7, 11) is 1.68. The van der Waals surface area contributed by atoms with Crippen molar-refractivity contribution >= 4 is 11.9 Å². The van der Waals surface area contributed by atoms with Crippen LogP contribution >= 0.6 is 0 Å². The van der Waals surface area contributed by atoms with Gasteiger partial charge in [-0.25, -0.2) is 0 Å². The SMILES string of the molecule is COc1ccc2c(c1)CCOC21CCN(C(=O)C2(C)CCC(=O)O2)CC1. The van der Waals surface area contributed by atoms with E-state index in [1.54, 1.807) is 14.0 Å². The molecule has 1 atom stereocenters. The number of fused-ring (bicyclic) bond motifs is 2. The van der Waals surface area contributed by atoms with Gasteiger partial charge in [0.2, 0.25) is 0 Å². The van der Waals surface area contributed by atoms with Gasteiger partial charge in [0.25, 0.3) is 5.91 Å². The van der Waals surface area contributed by atoms with E-state index in [4.69, 9.17) is 14.2 Å². The van der Waals surface area contributed by atoms with E-state index in [-0.39, 0.29) is 17.5 Å². The number of ether oxygens (including phenoxy) is 3. The Morgan fingerprint density at radius 2 is 1.96 bits per heavy atom. The second kappa shape index (κ2) is 6.27. The Morgan fingerprint density at radius 1 is 1.19 bits per heavy atom. The Kier molecular flexibility index (Phi) is 4.18. The average Bonchev–Trinajstić information content (AvgIpc) is 3.02. The van der Waals surface area contributed by atoms with Gasteiger partial charge in [0.1, 0.15) is 5.75 Å². The van der Waals surface area contributed by atoms with E-state index in [0.29, 0.717) is 32.5 Å². The number of likely N-dealkylation sites (tertiary alicyclic amines) is 1. The maximum atomic E-state index is 12.9. The van der Waals surface area contributed by atoms with Crippen LogP contribution < -0.4 is 4.74 Å². The maximum absolute atomic E-state index is 12.9. The minimum absolute atomic E-state index is 0.0797. The Hall–Kier alpha value is -2.08. The van der Waals surface area contributed by atoms with Crippen LogP contribution in [0.4, 0.5) is 0 Å². The molecule has 1 aromatic carbocycles. The highest BCUT2D eigenvalue weighted by atomic mass is 16.6. The number of nitrogens with zero attached hydrogens (tertiary/aromatic N) is 1. The first-order valence-corrected chi connectivity index (χ1v) is 9.28. The standard InChI is InChI=1S/C20H25NO5/c1-19(7-5-17(22)26-19)18(23)21-10-8-20(9-11-21)16-4-3-15(24-2)13-14(16)6-12-25-20/h3-4,13H,5-12H2,1-2H3. The third-order valence-electron chi connectivity index (χ3n) is 6.01. The Balaban J connectivity index is 1.51. The first-order valence-electron chi connectivity index (χ1n) is 9.28. The lowest BCUT2D eigenvalue weighted by molar-refractivity contribution is -0.167. The summed E-state index contributed by atoms with van der Waals surface area (Å²) in [6.07, 6.45) is 3.17. The molecule has 0 aromatic heterocycles. The lowest BCUT2D eigenvalue weighted by atomic mass is 9.79. The number of carbonyl (C=O) groups is 2. The van der Waals surface area contributed by atoms with E-state index in [1.807, 2.05) is 11.0 Å². The van der Waals surface area contributed by atoms with Crippen molar-refractivity contribution < 1.29 is 23.8 Å². The highest BCUT2D eigenvalue weighted by Gasteiger charge is 2.48. The molecule has 1 spiro atoms. The van der Waals surface area contributed by atoms with Gasteiger partial charge in [0, 0.05) is 25.9 Å². The van der Waals surface area contributed by atoms with Gasteiger partial charge >= 0.3 is 5.97 Å². The molecule has 0 radical (unpaired) electrons. The molecule has 0 N–H and O–H groups in total. The fraction of sp³-hybridized carbons (Fsp3) is 0.600. The Labute approximate surface area is 153 Å². The first kappa shape index (κ1) is 17.3. The van der Waals surface area contributed by atoms with Gasteiger partial charge in [-0.3, -0.25) is 9.59 Å². The third kappa shape index (κ3) is 2.76. The van der Waals surface area contributed by atoms with Crippen LogP contribution in [0.25, 0.3) is 0 Å². The first-order chi connectivity index (χ1) is 12.5. The molecule has 2 saturated heterocycles. The molecular weight excluding hydrogens is 334 g/mol. The van der Waals surface area contributed by atoms with Gasteiger partial charge in [-0.1, -0.05) is 6.07 Å². The minimum Gasteiger partial charge on any atom is -0.497 e. The van der Waals surface area contributed by atoms with Crippen LogP contribution in [0.5, 0.6) is 5.75 Å². The van der Waals surface area contributed by atoms with Gasteiger partial charge < -0.3 is 19.1 Å². The topological polar surface area (TPSA) is 65.1 Å². The van der Waals surface area contributed by atoms with E-state index < -0.39 is 5.60 Å². The van der Waals surface area contributed by atoms with Crippen LogP contribution in [0.3, 0.4) is 0 Å². The molecule has 26 heavy (non-hydrogen) atoms. The third-order valence-corrected chi connectivity index (χ3v) is 6.01. The molecule has 3 aliphatic rings. The Morgan fingerprint density at radius 3 is 2.62 bits per heavy atom. The molecule has 1 amide bonds. The van der Waals surface area contributed by atoms with E-state index in [1.165, 1.54) is 11.1 Å². The van der Waals surface area contributed by atoms with E-state index >= 15 is 0 Å². The van der Waals surface area contributed by atoms with Crippen LogP contribution in [0.15, 0.2) is 18.2 Å². The summed E-state index contributed by atoms with van der Waals surface area (Å²) in [6.45, 7) is 3.63. The molecule has 3 aliphatic heterocycles. The molecule has 0 aliphatic carbocycles. The van der Waals surface area contributed by atoms with Crippen LogP contribution in [-0.2, 0) is 31.1 Å². The molecule has 1 unspecified atom stereocenters. The molecule has 0 bridgehead atoms. The fourth-order valence-electron chi connectivity index (χ4n) is 4.45. The van der Waals surface area contributed by atoms with Crippen LogP contribution in [0.2, 0.25) is 0 Å². The summed E-state index contributed by atoms with van der Waals surface area (Å²) in [6, 6.07) is 6.17. The summed E-state index contributed by atoms with van der Waals surface area (Å²) in [4.78, 5) is 26.1. The smallest absolute Gasteiger partial charge is 0.307 e. The number of amides is 1. The quantitative estimate of drug-likeness (QED) is 0.758. The normalized spacial score (nSPS) is 27.2. The monoisotopic (exact) mass is 359 g/mol. The second-order valence-corrected chi connectivity index (χ2v) is 7.61. The molecule has 3 heterocycles. The zero-order chi connectivity index (χ0) is 18.4. The van der Waals surface area contributed by atoms with Crippen molar-refractivity contribution in [2.24, 2.45) is 0 Å². The van der Waals surface area contributed by atoms with E-state index in [0.717, 1.165) is 25.0 Å². The highest BCUT2D eigenvalue weighted by Crippen LogP contribution is 2.43. The zero-order valence-electron chi connectivity index (χ0n) is 15.4. The number of hydrogen-bond donors (Lipinski definition) is 0. The van der Waals surface area contributed by atoms with Crippen LogP contribution in [0, 0.1) is 0 Å². The van der Waals surface area contributed by atoms with Gasteiger partial charge in [-0.15, -0.1) is 0 Å². The number of hydrogen-bond acceptors (Lipinski definition) is 5. The van der Waals surface area contributed by atoms with Crippen LogP contribution in [0.1, 0.15) is 43.7 Å². The molecule has 6 heteroatoms. The summed E-state index contributed by atoms with van der Waals surface area (Å²) in [5.41, 5.74) is 1.16. The van der Waals surface area contributed by atoms with Gasteiger partial charge in [-0.05, 0) is 49.4 Å². The number of benzene rings is 1. The van der Waals surface area contributed by atoms with Crippen molar-refractivity contribution in [1.29, 1.82) is 0 Å². The maximum Gasteiger partial charge on any atom is 0.307 e. The Bertz CT molecular complexity index is 738. The number of piperidine rings is 1. The molecule has 0 saturated carbocycles. The molecule has 1 aromatic rings. The minimum atomic E-state index is -1.000. The van der Waals surface area contributed by atoms with E-state index in [2.05, 4.69) is 12.1 Å². The molecule has 140 valence electrons. The van der Waals surface area contributed by atoms with Gasteiger partial charge in [0.05, 0.1) is 19.3 Å². The summed E-state index contributed by atoms with van der Waals surface area (Å²) < 4.78 is 16.9. The summed E-state index contributed by atoms with van der Waals surface area (Å²) in [5, 5.41) is 0. The van der Waals surface area contributed by atoms with Crippen molar-refractivity contribution in [3.8, 4) is 5.75 Å². The number of carbonyl (C=O) groups excluding carboxylic acids is 2. The van der Waals surface area contributed by atoms with Crippen molar-refractivity contribution in [2.45, 2.75) is 50.2 Å². The summed E-state index contributed by atoms with van der Waals surface area (Å²) >= 11 is 0. The number of rotatable bonds is 2. The fourth-order valence-corrected chi connectivity index (χ4v) is 4.45. The van der Waals surface area contributed by atoms with Gasteiger partial charge in [-0.2, -0.15) is 0 Å². The molecule has 4 rings (SSSR count). The van der Waals surface area contributed by atoms with Crippen molar-refractivity contribution in [3.05, 3.63) is 29.3 Å². The second-order valence-electron chi connectivity index (χ2n) is 7.61. The molecule has 6 nitrogen and oxygen atoms in total. The molecule has 2 fully saturated rings. The zero-order valence-corrected chi connectivity index (χ0v) is 15.4. The lowest BCUT2D eigenvalue weighted by Gasteiger charge is -2.46. The molecular formula is C20H25NO5. The largest absolute Gasteiger partial charge is 0.497 e. The highest BCUT2D eigenvalue weighted by molar-refractivity contribution is 5.90. The summed E-state index contributed by atoms with van der Waals surface area (Å²) in [5.74, 6) is 0.501. The number of esters is 1. The van der Waals surface area contributed by atoms with Crippen LogP contribution in [-0.4, -0.2) is 49.2 Å². The van der Waals surface area contributed by atoms with Crippen molar-refractivity contribution in [2.75, 3.05) is 26.8 Å². The van der Waals surface area contributed by atoms with Crippen molar-refractivity contribution in [3.63, 3.8) is 0 Å². The van der Waals surface area contributed by atoms with E-state index in [9.17, 15) is 9.59 Å². The number of cyclic esters (lactones) is 1. The number of methoxy groups -OCH3 is 1. The predicted octanol–water partition coefficient (Wildman–Crippen LogP) is 2.18. The average molecular weight is 359 g/mol. The predicted molar refractivity (Wildman–Crippen MR) is 93.9 cm³/mol. The van der Waals surface area contributed by atoms with Crippen molar-refractivity contribution in [1.82, 2.24) is 4.90 Å². The van der Waals surface area contributed by atoms with Gasteiger partial charge in [0.15, 0.2) is 5.60 Å². The lowest BCUT2D eigenvalue weighted by Crippen LogP contribution is -2.53.